The van der Waals surface area contributed by atoms with E-state index in [-0.39, 0.29) is 17.7 Å². The van der Waals surface area contributed by atoms with Crippen molar-refractivity contribution in [1.82, 2.24) is 9.78 Å². The molecular weight excluding hydrogens is 421 g/mol. The maximum Gasteiger partial charge on any atom is 0.266 e. The number of aryl methyl sites for hydroxylation is 1. The van der Waals surface area contributed by atoms with Crippen molar-refractivity contribution in [3.05, 3.63) is 64.2 Å². The molecule has 0 saturated carbocycles. The van der Waals surface area contributed by atoms with Crippen molar-refractivity contribution in [1.29, 1.82) is 0 Å². The normalized spacial score (nSPS) is 17.4. The van der Waals surface area contributed by atoms with Crippen molar-refractivity contribution in [3.8, 4) is 0 Å². The van der Waals surface area contributed by atoms with Crippen LogP contribution in [-0.4, -0.2) is 39.6 Å². The number of carbonyl (C=O) groups excluding carboxylic acids is 2. The van der Waals surface area contributed by atoms with E-state index in [4.69, 9.17) is 0 Å². The molecule has 2 amide bonds. The molecule has 4 heterocycles. The summed E-state index contributed by atoms with van der Waals surface area (Å²) in [6.45, 7) is 1.75. The van der Waals surface area contributed by atoms with E-state index in [1.165, 1.54) is 51.5 Å². The lowest BCUT2D eigenvalue weighted by Crippen LogP contribution is -2.36. The fourth-order valence-electron chi connectivity index (χ4n) is 3.18. The van der Waals surface area contributed by atoms with E-state index < -0.39 is 11.8 Å². The molecule has 5 rings (SSSR count). The number of benzene rings is 1. The van der Waals surface area contributed by atoms with Crippen molar-refractivity contribution in [2.75, 3.05) is 10.3 Å². The van der Waals surface area contributed by atoms with Crippen molar-refractivity contribution < 1.29 is 14.0 Å². The molecular formula is C20H14FN7O2S. The summed E-state index contributed by atoms with van der Waals surface area (Å²) in [6, 6.07) is 10.8. The highest BCUT2D eigenvalue weighted by Crippen LogP contribution is 2.26. The Labute approximate surface area is 179 Å². The first-order valence-corrected chi connectivity index (χ1v) is 10.1. The summed E-state index contributed by atoms with van der Waals surface area (Å²) in [5.74, 6) is -1.23. The number of thiophene rings is 1. The fourth-order valence-corrected chi connectivity index (χ4v) is 3.80. The van der Waals surface area contributed by atoms with Gasteiger partial charge in [-0.05, 0) is 42.6 Å². The van der Waals surface area contributed by atoms with Gasteiger partial charge in [0, 0.05) is 12.3 Å². The molecule has 0 bridgehead atoms. The molecule has 0 spiro atoms. The van der Waals surface area contributed by atoms with E-state index in [0.717, 1.165) is 0 Å². The third-order valence-electron chi connectivity index (χ3n) is 4.60. The van der Waals surface area contributed by atoms with Crippen LogP contribution in [0.5, 0.6) is 0 Å². The molecule has 9 nitrogen and oxygen atoms in total. The molecule has 1 aromatic carbocycles. The van der Waals surface area contributed by atoms with Gasteiger partial charge in [-0.1, -0.05) is 6.07 Å². The molecule has 31 heavy (non-hydrogen) atoms. The van der Waals surface area contributed by atoms with Crippen LogP contribution in [0.1, 0.15) is 15.4 Å². The predicted molar refractivity (Wildman–Crippen MR) is 115 cm³/mol. The quantitative estimate of drug-likeness (QED) is 0.683. The lowest BCUT2D eigenvalue weighted by Gasteiger charge is -2.20. The predicted octanol–water partition coefficient (Wildman–Crippen LogP) is 2.91. The third-order valence-corrected chi connectivity index (χ3v) is 5.46. The van der Waals surface area contributed by atoms with Gasteiger partial charge in [-0.25, -0.2) is 9.40 Å². The van der Waals surface area contributed by atoms with E-state index in [0.29, 0.717) is 27.9 Å². The van der Waals surface area contributed by atoms with Crippen LogP contribution in [0, 0.1) is 18.7 Å². The van der Waals surface area contributed by atoms with Crippen LogP contribution in [-0.2, 0) is 4.79 Å². The van der Waals surface area contributed by atoms with Gasteiger partial charge < -0.3 is 5.32 Å². The number of nitrogens with zero attached hydrogens (tertiary/aromatic N) is 6. The first-order valence-electron chi connectivity index (χ1n) is 9.22. The molecule has 2 aromatic heterocycles. The van der Waals surface area contributed by atoms with Crippen LogP contribution in [0.3, 0.4) is 0 Å². The summed E-state index contributed by atoms with van der Waals surface area (Å²) in [7, 11) is 0. The second kappa shape index (κ2) is 7.36. The molecule has 11 heteroatoms. The van der Waals surface area contributed by atoms with Crippen molar-refractivity contribution in [2.45, 2.75) is 6.92 Å². The van der Waals surface area contributed by atoms with Gasteiger partial charge >= 0.3 is 0 Å². The molecule has 0 aliphatic carbocycles. The Morgan fingerprint density at radius 3 is 2.74 bits per heavy atom. The van der Waals surface area contributed by atoms with Gasteiger partial charge in [0.15, 0.2) is 5.84 Å². The number of nitrogens with one attached hydrogen (secondary N) is 1. The van der Waals surface area contributed by atoms with Gasteiger partial charge in [-0.3, -0.25) is 9.59 Å². The second-order valence-electron chi connectivity index (χ2n) is 6.76. The summed E-state index contributed by atoms with van der Waals surface area (Å²) >= 11 is 1.31. The highest BCUT2D eigenvalue weighted by Gasteiger charge is 2.37. The summed E-state index contributed by atoms with van der Waals surface area (Å²) in [5, 5.41) is 14.6. The number of amidine groups is 1. The van der Waals surface area contributed by atoms with Crippen LogP contribution in [0.4, 0.5) is 15.9 Å². The zero-order valence-corrected chi connectivity index (χ0v) is 16.9. The average Bonchev–Trinajstić information content (AvgIpc) is 3.48. The summed E-state index contributed by atoms with van der Waals surface area (Å²) in [4.78, 5) is 34.2. The number of rotatable bonds is 3. The van der Waals surface area contributed by atoms with E-state index in [9.17, 15) is 14.0 Å². The number of anilines is 2. The Morgan fingerprint density at radius 1 is 1.19 bits per heavy atom. The van der Waals surface area contributed by atoms with Crippen LogP contribution in [0.25, 0.3) is 0 Å². The zero-order chi connectivity index (χ0) is 21.5. The Bertz CT molecular complexity index is 1280. The van der Waals surface area contributed by atoms with Crippen LogP contribution in [0.2, 0.25) is 0 Å². The van der Waals surface area contributed by atoms with E-state index >= 15 is 0 Å². The molecule has 0 saturated heterocycles. The summed E-state index contributed by atoms with van der Waals surface area (Å²) in [6.07, 6.45) is 1.44. The van der Waals surface area contributed by atoms with Gasteiger partial charge in [0.05, 0.1) is 16.3 Å². The fraction of sp³-hybridized carbons (Fsp3) is 0.100. The minimum Gasteiger partial charge on any atom is -0.306 e. The van der Waals surface area contributed by atoms with Crippen molar-refractivity contribution in [3.63, 3.8) is 0 Å². The highest BCUT2D eigenvalue weighted by molar-refractivity contribution is 7.12. The van der Waals surface area contributed by atoms with Gasteiger partial charge in [-0.2, -0.15) is 24.9 Å². The van der Waals surface area contributed by atoms with Crippen molar-refractivity contribution in [2.24, 2.45) is 21.0 Å². The van der Waals surface area contributed by atoms with Gasteiger partial charge in [-0.15, -0.1) is 11.3 Å². The Morgan fingerprint density at radius 2 is 2.00 bits per heavy atom. The second-order valence-corrected chi connectivity index (χ2v) is 7.71. The first kappa shape index (κ1) is 19.0. The molecule has 154 valence electrons. The molecule has 1 unspecified atom stereocenters. The van der Waals surface area contributed by atoms with Gasteiger partial charge in [0.25, 0.3) is 17.8 Å². The average molecular weight is 435 g/mol. The number of hydrogen-bond acceptors (Lipinski definition) is 7. The molecule has 1 N–H and O–H groups in total. The zero-order valence-electron chi connectivity index (χ0n) is 16.1. The third kappa shape index (κ3) is 3.44. The minimum atomic E-state index is -0.741. The van der Waals surface area contributed by atoms with Gasteiger partial charge in [0.2, 0.25) is 0 Å². The highest BCUT2D eigenvalue weighted by atomic mass is 32.1. The van der Waals surface area contributed by atoms with E-state index in [1.54, 1.807) is 30.5 Å². The first-order chi connectivity index (χ1) is 15.0. The Balaban J connectivity index is 1.50. The Hall–Kier alpha value is -3.99. The SMILES string of the molecule is Cc1cc(NC(=O)c2cccs2)n(C2=NC(=O)C3C=NN(c4ccc(F)cc4)C3=N2)n1. The number of fused-ring (bicyclic) bond motifs is 1. The molecule has 3 aromatic rings. The monoisotopic (exact) mass is 435 g/mol. The largest absolute Gasteiger partial charge is 0.306 e. The lowest BCUT2D eigenvalue weighted by molar-refractivity contribution is -0.118. The number of halogens is 1. The number of aliphatic imine (C=N–C) groups is 2. The minimum absolute atomic E-state index is 0.00319. The molecule has 2 aliphatic heterocycles. The van der Waals surface area contributed by atoms with E-state index in [2.05, 4.69) is 25.5 Å². The number of aromatic nitrogens is 2. The van der Waals surface area contributed by atoms with Gasteiger partial charge in [0.1, 0.15) is 17.6 Å². The number of carbonyl (C=O) groups is 2. The molecule has 0 fully saturated rings. The maximum atomic E-state index is 13.3. The molecule has 0 radical (unpaired) electrons. The number of amides is 2. The lowest BCUT2D eigenvalue weighted by atomic mass is 10.1. The van der Waals surface area contributed by atoms with Crippen molar-refractivity contribution >= 4 is 52.7 Å². The number of hydrazone groups is 1. The standard InChI is InChI=1S/C20H14FN7O2S/c1-11-9-16(23-19(30)15-3-2-8-31-15)28(26-11)20-24-17-14(18(29)25-20)10-22-27(17)13-6-4-12(21)5-7-13/h2-10,14H,1H3,(H,23,30). The molecule has 2 aliphatic rings. The summed E-state index contributed by atoms with van der Waals surface area (Å²) < 4.78 is 14.6. The summed E-state index contributed by atoms with van der Waals surface area (Å²) in [5.41, 5.74) is 1.16. The smallest absolute Gasteiger partial charge is 0.266 e. The Kier molecular flexibility index (Phi) is 4.51. The molecule has 1 atom stereocenters. The number of hydrogen-bond donors (Lipinski definition) is 1. The van der Waals surface area contributed by atoms with Crippen LogP contribution in [0.15, 0.2) is 62.9 Å². The van der Waals surface area contributed by atoms with Crippen LogP contribution < -0.4 is 10.3 Å². The topological polar surface area (TPSA) is 104 Å². The maximum absolute atomic E-state index is 13.3. The van der Waals surface area contributed by atoms with E-state index in [1.807, 2.05) is 0 Å². The van der Waals surface area contributed by atoms with Crippen LogP contribution >= 0.6 is 11.3 Å².